The molecule has 0 bridgehead atoms. The molecule has 0 radical (unpaired) electrons. The Hall–Kier alpha value is -0.870. The van der Waals surface area contributed by atoms with Gasteiger partial charge in [0.25, 0.3) is 5.91 Å². The second-order valence-electron chi connectivity index (χ2n) is 3.55. The lowest BCUT2D eigenvalue weighted by molar-refractivity contribution is 0.0736. The van der Waals surface area contributed by atoms with Gasteiger partial charge >= 0.3 is 0 Å². The Morgan fingerprint density at radius 1 is 1.20 bits per heavy atom. The zero-order chi connectivity index (χ0) is 10.7. The van der Waals surface area contributed by atoms with Crippen LogP contribution in [0.5, 0.6) is 0 Å². The first-order valence-electron chi connectivity index (χ1n) is 5.03. The van der Waals surface area contributed by atoms with Gasteiger partial charge in [0.05, 0.1) is 0 Å². The topological polar surface area (TPSA) is 32.3 Å². The monoisotopic (exact) mass is 268 g/mol. The van der Waals surface area contributed by atoms with Crippen LogP contribution >= 0.6 is 15.9 Å². The summed E-state index contributed by atoms with van der Waals surface area (Å²) in [6.07, 6.45) is 0. The molecule has 1 fully saturated rings. The SMILES string of the molecule is O=C(c1ccc(Br)cc1)N1CCNCC1. The van der Waals surface area contributed by atoms with Crippen molar-refractivity contribution in [2.24, 2.45) is 0 Å². The lowest BCUT2D eigenvalue weighted by Crippen LogP contribution is -2.46. The van der Waals surface area contributed by atoms with Crippen LogP contribution in [0.4, 0.5) is 0 Å². The molecule has 15 heavy (non-hydrogen) atoms. The molecule has 0 aromatic heterocycles. The van der Waals surface area contributed by atoms with Crippen molar-refractivity contribution in [1.29, 1.82) is 0 Å². The molecular formula is C11H13BrN2O. The Kier molecular flexibility index (Phi) is 3.38. The van der Waals surface area contributed by atoms with Gasteiger partial charge in [-0.05, 0) is 24.3 Å². The fourth-order valence-corrected chi connectivity index (χ4v) is 1.91. The highest BCUT2D eigenvalue weighted by molar-refractivity contribution is 9.10. The molecule has 80 valence electrons. The van der Waals surface area contributed by atoms with E-state index in [9.17, 15) is 4.79 Å². The van der Waals surface area contributed by atoms with Crippen molar-refractivity contribution < 1.29 is 4.79 Å². The average Bonchev–Trinajstić information content (AvgIpc) is 2.30. The van der Waals surface area contributed by atoms with E-state index in [2.05, 4.69) is 21.2 Å². The minimum absolute atomic E-state index is 0.129. The largest absolute Gasteiger partial charge is 0.336 e. The van der Waals surface area contributed by atoms with Crippen molar-refractivity contribution >= 4 is 21.8 Å². The van der Waals surface area contributed by atoms with E-state index in [4.69, 9.17) is 0 Å². The Bertz CT molecular complexity index is 344. The number of carbonyl (C=O) groups excluding carboxylic acids is 1. The van der Waals surface area contributed by atoms with Crippen molar-refractivity contribution in [2.45, 2.75) is 0 Å². The third kappa shape index (κ3) is 2.58. The highest BCUT2D eigenvalue weighted by atomic mass is 79.9. The minimum atomic E-state index is 0.129. The molecule has 4 heteroatoms. The minimum Gasteiger partial charge on any atom is -0.336 e. The van der Waals surface area contributed by atoms with Crippen LogP contribution in [0.1, 0.15) is 10.4 Å². The van der Waals surface area contributed by atoms with E-state index in [1.165, 1.54) is 0 Å². The Morgan fingerprint density at radius 2 is 1.80 bits per heavy atom. The van der Waals surface area contributed by atoms with Crippen LogP contribution in [0.25, 0.3) is 0 Å². The number of hydrogen-bond acceptors (Lipinski definition) is 2. The summed E-state index contributed by atoms with van der Waals surface area (Å²) in [5, 5.41) is 3.23. The summed E-state index contributed by atoms with van der Waals surface area (Å²) in [4.78, 5) is 13.9. The summed E-state index contributed by atoms with van der Waals surface area (Å²) in [7, 11) is 0. The summed E-state index contributed by atoms with van der Waals surface area (Å²) in [6, 6.07) is 7.51. The van der Waals surface area contributed by atoms with Gasteiger partial charge in [0.15, 0.2) is 0 Å². The number of benzene rings is 1. The molecule has 0 spiro atoms. The van der Waals surface area contributed by atoms with Gasteiger partial charge in [-0.3, -0.25) is 4.79 Å². The number of rotatable bonds is 1. The van der Waals surface area contributed by atoms with Gasteiger partial charge in [-0.2, -0.15) is 0 Å². The van der Waals surface area contributed by atoms with Crippen LogP contribution in [-0.2, 0) is 0 Å². The van der Waals surface area contributed by atoms with Gasteiger partial charge in [0, 0.05) is 36.2 Å². The van der Waals surface area contributed by atoms with Gasteiger partial charge in [-0.1, -0.05) is 15.9 Å². The summed E-state index contributed by atoms with van der Waals surface area (Å²) < 4.78 is 0.999. The molecule has 1 aliphatic heterocycles. The molecule has 1 aromatic rings. The first-order chi connectivity index (χ1) is 7.27. The molecular weight excluding hydrogens is 256 g/mol. The number of nitrogens with one attached hydrogen (secondary N) is 1. The van der Waals surface area contributed by atoms with E-state index in [0.717, 1.165) is 36.2 Å². The number of halogens is 1. The van der Waals surface area contributed by atoms with Gasteiger partial charge in [0.1, 0.15) is 0 Å². The van der Waals surface area contributed by atoms with E-state index in [0.29, 0.717) is 0 Å². The van der Waals surface area contributed by atoms with Gasteiger partial charge in [-0.15, -0.1) is 0 Å². The number of piperazine rings is 1. The lowest BCUT2D eigenvalue weighted by atomic mass is 10.2. The molecule has 3 nitrogen and oxygen atoms in total. The molecule has 1 heterocycles. The van der Waals surface area contributed by atoms with Gasteiger partial charge < -0.3 is 10.2 Å². The maximum absolute atomic E-state index is 12.0. The third-order valence-corrected chi connectivity index (χ3v) is 3.02. The molecule has 1 N–H and O–H groups in total. The van der Waals surface area contributed by atoms with Crippen LogP contribution in [0.2, 0.25) is 0 Å². The lowest BCUT2D eigenvalue weighted by Gasteiger charge is -2.27. The van der Waals surface area contributed by atoms with Crippen LogP contribution in [0, 0.1) is 0 Å². The predicted octanol–water partition coefficient (Wildman–Crippen LogP) is 1.49. The second kappa shape index (κ2) is 4.77. The standard InChI is InChI=1S/C11H13BrN2O/c12-10-3-1-9(2-4-10)11(15)14-7-5-13-6-8-14/h1-4,13H,5-8H2. The van der Waals surface area contributed by atoms with Crippen LogP contribution < -0.4 is 5.32 Å². The normalized spacial score (nSPS) is 16.5. The zero-order valence-electron chi connectivity index (χ0n) is 8.37. The van der Waals surface area contributed by atoms with Crippen LogP contribution in [0.15, 0.2) is 28.7 Å². The fraction of sp³-hybridized carbons (Fsp3) is 0.364. The van der Waals surface area contributed by atoms with Gasteiger partial charge in [-0.25, -0.2) is 0 Å². The number of amides is 1. The summed E-state index contributed by atoms with van der Waals surface area (Å²) in [5.41, 5.74) is 0.764. The van der Waals surface area contributed by atoms with Crippen molar-refractivity contribution in [3.05, 3.63) is 34.3 Å². The maximum Gasteiger partial charge on any atom is 0.253 e. The van der Waals surface area contributed by atoms with Gasteiger partial charge in [0.2, 0.25) is 0 Å². The summed E-state index contributed by atoms with van der Waals surface area (Å²) >= 11 is 3.36. The zero-order valence-corrected chi connectivity index (χ0v) is 9.96. The average molecular weight is 269 g/mol. The highest BCUT2D eigenvalue weighted by Gasteiger charge is 2.17. The van der Waals surface area contributed by atoms with E-state index in [-0.39, 0.29) is 5.91 Å². The van der Waals surface area contributed by atoms with E-state index in [1.807, 2.05) is 29.2 Å². The van der Waals surface area contributed by atoms with Crippen molar-refractivity contribution in [3.63, 3.8) is 0 Å². The Morgan fingerprint density at radius 3 is 2.40 bits per heavy atom. The van der Waals surface area contributed by atoms with Crippen LogP contribution in [-0.4, -0.2) is 37.0 Å². The van der Waals surface area contributed by atoms with Crippen molar-refractivity contribution in [1.82, 2.24) is 10.2 Å². The fourth-order valence-electron chi connectivity index (χ4n) is 1.64. The Balaban J connectivity index is 2.09. The summed E-state index contributed by atoms with van der Waals surface area (Å²) in [6.45, 7) is 3.38. The first kappa shape index (κ1) is 10.6. The quantitative estimate of drug-likeness (QED) is 0.837. The second-order valence-corrected chi connectivity index (χ2v) is 4.46. The first-order valence-corrected chi connectivity index (χ1v) is 5.82. The Labute approximate surface area is 97.6 Å². The third-order valence-electron chi connectivity index (χ3n) is 2.50. The molecule has 0 atom stereocenters. The van der Waals surface area contributed by atoms with E-state index < -0.39 is 0 Å². The number of carbonyl (C=O) groups is 1. The maximum atomic E-state index is 12.0. The predicted molar refractivity (Wildman–Crippen MR) is 62.9 cm³/mol. The van der Waals surface area contributed by atoms with E-state index in [1.54, 1.807) is 0 Å². The van der Waals surface area contributed by atoms with Crippen LogP contribution in [0.3, 0.4) is 0 Å². The van der Waals surface area contributed by atoms with Crippen molar-refractivity contribution in [3.8, 4) is 0 Å². The molecule has 1 saturated heterocycles. The molecule has 0 unspecified atom stereocenters. The highest BCUT2D eigenvalue weighted by Crippen LogP contribution is 2.12. The molecule has 1 amide bonds. The molecule has 0 aliphatic carbocycles. The molecule has 2 rings (SSSR count). The molecule has 1 aromatic carbocycles. The van der Waals surface area contributed by atoms with Crippen molar-refractivity contribution in [2.75, 3.05) is 26.2 Å². The summed E-state index contributed by atoms with van der Waals surface area (Å²) in [5.74, 6) is 0.129. The number of nitrogens with zero attached hydrogens (tertiary/aromatic N) is 1. The molecule has 1 aliphatic rings. The molecule has 0 saturated carbocycles. The number of hydrogen-bond donors (Lipinski definition) is 1. The van der Waals surface area contributed by atoms with E-state index >= 15 is 0 Å². The smallest absolute Gasteiger partial charge is 0.253 e.